The van der Waals surface area contributed by atoms with Gasteiger partial charge >= 0.3 is 0 Å². The minimum atomic E-state index is -0.835. The summed E-state index contributed by atoms with van der Waals surface area (Å²) in [5, 5.41) is 9.75. The Morgan fingerprint density at radius 3 is 2.06 bits per heavy atom. The Hall–Kier alpha value is -5.28. The number of nitrogens with zero attached hydrogens (tertiary/aromatic N) is 1. The molecule has 1 saturated carbocycles. The third-order valence-electron chi connectivity index (χ3n) is 9.49. The van der Waals surface area contributed by atoms with Crippen LogP contribution in [-0.2, 0) is 16.0 Å². The first-order valence-electron chi connectivity index (χ1n) is 17.1. The Bertz CT molecular complexity index is 1970. The summed E-state index contributed by atoms with van der Waals surface area (Å²) >= 11 is 6.05. The van der Waals surface area contributed by atoms with Crippen molar-refractivity contribution >= 4 is 29.3 Å². The van der Waals surface area contributed by atoms with Gasteiger partial charge in [0.1, 0.15) is 23.6 Å². The summed E-state index contributed by atoms with van der Waals surface area (Å²) in [5.74, 6) is 0.454. The fourth-order valence-electron chi connectivity index (χ4n) is 6.61. The number of benzene rings is 4. The van der Waals surface area contributed by atoms with Crippen LogP contribution in [0.5, 0.6) is 11.5 Å². The Labute approximate surface area is 304 Å². The number of carbonyl (C=O) groups excluding carboxylic acids is 3. The molecule has 4 aromatic rings. The molecule has 0 aromatic heterocycles. The summed E-state index contributed by atoms with van der Waals surface area (Å²) < 4.78 is 11.6. The number of likely N-dealkylation sites (N-methyl/N-ethyl adjacent to an activating group) is 1. The van der Waals surface area contributed by atoms with Gasteiger partial charge in [-0.1, -0.05) is 48.0 Å². The first kappa shape index (κ1) is 35.5. The van der Waals surface area contributed by atoms with E-state index in [-0.39, 0.29) is 30.3 Å². The van der Waals surface area contributed by atoms with Crippen molar-refractivity contribution in [1.82, 2.24) is 20.9 Å². The van der Waals surface area contributed by atoms with Crippen LogP contribution in [0.25, 0.3) is 22.3 Å². The van der Waals surface area contributed by atoms with E-state index in [9.17, 15) is 14.4 Å². The molecule has 1 fully saturated rings. The Kier molecular flexibility index (Phi) is 10.7. The highest BCUT2D eigenvalue weighted by Crippen LogP contribution is 2.41. The van der Waals surface area contributed by atoms with Crippen molar-refractivity contribution in [3.63, 3.8) is 0 Å². The second kappa shape index (κ2) is 15.3. The number of rotatable bonds is 8. The average Bonchev–Trinajstić information content (AvgIpc) is 3.97. The SMILES string of the molecule is COc1ccc2cc1-c1cc(ccc1OC)C(N(C)C(CNC(=O)c1ccc(-c3ccc(Cl)cc3)cc1)=C1CC1)C(=O)N[C@@H](C)C(=O)NC(C)C2. The maximum atomic E-state index is 14.3. The summed E-state index contributed by atoms with van der Waals surface area (Å²) in [7, 11) is 5.10. The molecule has 6 rings (SSSR count). The first-order chi connectivity index (χ1) is 24.6. The summed E-state index contributed by atoms with van der Waals surface area (Å²) in [4.78, 5) is 42.9. The lowest BCUT2D eigenvalue weighted by molar-refractivity contribution is -0.131. The lowest BCUT2D eigenvalue weighted by Gasteiger charge is -2.33. The summed E-state index contributed by atoms with van der Waals surface area (Å²) in [6, 6.07) is 24.8. The third-order valence-corrected chi connectivity index (χ3v) is 9.74. The highest BCUT2D eigenvalue weighted by molar-refractivity contribution is 6.30. The molecule has 10 heteroatoms. The van der Waals surface area contributed by atoms with Crippen LogP contribution < -0.4 is 25.4 Å². The van der Waals surface area contributed by atoms with Gasteiger partial charge in [-0.2, -0.15) is 0 Å². The van der Waals surface area contributed by atoms with Gasteiger partial charge in [0.2, 0.25) is 11.8 Å². The van der Waals surface area contributed by atoms with Crippen LogP contribution in [0.3, 0.4) is 0 Å². The van der Waals surface area contributed by atoms with Crippen LogP contribution in [0.1, 0.15) is 54.2 Å². The van der Waals surface area contributed by atoms with Crippen molar-refractivity contribution in [2.75, 3.05) is 27.8 Å². The molecule has 51 heavy (non-hydrogen) atoms. The first-order valence-corrected chi connectivity index (χ1v) is 17.5. The molecular formula is C41H43ClN4O5. The zero-order valence-corrected chi connectivity index (χ0v) is 30.3. The molecule has 1 aliphatic carbocycles. The topological polar surface area (TPSA) is 109 Å². The molecule has 9 nitrogen and oxygen atoms in total. The zero-order valence-electron chi connectivity index (χ0n) is 29.5. The van der Waals surface area contributed by atoms with Gasteiger partial charge in [-0.15, -0.1) is 0 Å². The smallest absolute Gasteiger partial charge is 0.251 e. The molecule has 1 aliphatic heterocycles. The molecule has 3 atom stereocenters. The number of hydrogen-bond acceptors (Lipinski definition) is 6. The highest BCUT2D eigenvalue weighted by Gasteiger charge is 2.33. The number of nitrogens with one attached hydrogen (secondary N) is 3. The van der Waals surface area contributed by atoms with E-state index in [1.807, 2.05) is 91.7 Å². The van der Waals surface area contributed by atoms with E-state index in [1.54, 1.807) is 33.3 Å². The molecule has 1 heterocycles. The van der Waals surface area contributed by atoms with Crippen LogP contribution in [0, 0.1) is 0 Å². The average molecular weight is 707 g/mol. The van der Waals surface area contributed by atoms with Crippen molar-refractivity contribution in [3.8, 4) is 33.8 Å². The monoisotopic (exact) mass is 706 g/mol. The van der Waals surface area contributed by atoms with Crippen LogP contribution in [-0.4, -0.2) is 62.5 Å². The summed E-state index contributed by atoms with van der Waals surface area (Å²) in [6.07, 6.45) is 2.33. The third kappa shape index (κ3) is 8.05. The maximum absolute atomic E-state index is 14.3. The van der Waals surface area contributed by atoms with E-state index < -0.39 is 12.1 Å². The molecule has 2 unspecified atom stereocenters. The lowest BCUT2D eigenvalue weighted by atomic mass is 9.93. The molecular weight excluding hydrogens is 664 g/mol. The second-order valence-corrected chi connectivity index (χ2v) is 13.6. The normalized spacial score (nSPS) is 18.5. The maximum Gasteiger partial charge on any atom is 0.251 e. The number of fused-ring (bicyclic) bond motifs is 5. The molecule has 4 bridgehead atoms. The summed E-state index contributed by atoms with van der Waals surface area (Å²) in [5.41, 5.74) is 7.82. The molecule has 3 N–H and O–H groups in total. The van der Waals surface area contributed by atoms with Crippen molar-refractivity contribution in [1.29, 1.82) is 0 Å². The Morgan fingerprint density at radius 1 is 0.824 bits per heavy atom. The number of ether oxygens (including phenoxy) is 2. The van der Waals surface area contributed by atoms with Crippen molar-refractivity contribution < 1.29 is 23.9 Å². The van der Waals surface area contributed by atoms with Crippen molar-refractivity contribution in [3.05, 3.63) is 118 Å². The second-order valence-electron chi connectivity index (χ2n) is 13.2. The van der Waals surface area contributed by atoms with Crippen LogP contribution in [0.4, 0.5) is 0 Å². The van der Waals surface area contributed by atoms with Crippen LogP contribution in [0.2, 0.25) is 5.02 Å². The standard InChI is InChI=1S/C41H43ClN4O5/c1-24-20-26-6-18-36(50-4)33(21-26)34-22-31(15-19-37(34)51-5)38(41(49)45-25(2)39(47)44-24)46(3)35(29-9-10-29)23-43-40(48)30-11-7-27(8-12-30)28-13-16-32(42)17-14-28/h6-8,11-19,21-22,24-25,38H,9-10,20,23H2,1-5H3,(H,43,48)(H,44,47)(H,45,49)/t24?,25-,38?/m0/s1. The van der Waals surface area contributed by atoms with E-state index >= 15 is 0 Å². The molecule has 0 saturated heterocycles. The van der Waals surface area contributed by atoms with E-state index in [4.69, 9.17) is 21.1 Å². The molecule has 0 spiro atoms. The summed E-state index contributed by atoms with van der Waals surface area (Å²) in [6.45, 7) is 3.85. The molecule has 3 amide bonds. The quantitative estimate of drug-likeness (QED) is 0.188. The number of methoxy groups -OCH3 is 2. The van der Waals surface area contributed by atoms with Gasteiger partial charge in [-0.3, -0.25) is 14.4 Å². The van der Waals surface area contributed by atoms with Gasteiger partial charge in [0, 0.05) is 40.5 Å². The number of hydrogen-bond donors (Lipinski definition) is 3. The Morgan fingerprint density at radius 2 is 1.43 bits per heavy atom. The van der Waals surface area contributed by atoms with Gasteiger partial charge in [-0.25, -0.2) is 0 Å². The molecule has 264 valence electrons. The number of carbonyl (C=O) groups is 3. The lowest BCUT2D eigenvalue weighted by Crippen LogP contribution is -2.50. The van der Waals surface area contributed by atoms with E-state index in [1.165, 1.54) is 0 Å². The van der Waals surface area contributed by atoms with Gasteiger partial charge in [0.25, 0.3) is 5.91 Å². The van der Waals surface area contributed by atoms with Gasteiger partial charge in [0.05, 0.1) is 20.8 Å². The van der Waals surface area contributed by atoms with Crippen LogP contribution >= 0.6 is 11.6 Å². The largest absolute Gasteiger partial charge is 0.496 e. The van der Waals surface area contributed by atoms with Gasteiger partial charge < -0.3 is 30.3 Å². The van der Waals surface area contributed by atoms with Gasteiger partial charge in [-0.05, 0) is 109 Å². The number of allylic oxidation sites excluding steroid dienone is 1. The molecule has 0 radical (unpaired) electrons. The van der Waals surface area contributed by atoms with E-state index in [0.717, 1.165) is 51.9 Å². The predicted molar refractivity (Wildman–Crippen MR) is 200 cm³/mol. The van der Waals surface area contributed by atoms with Crippen molar-refractivity contribution in [2.45, 2.75) is 51.2 Å². The highest BCUT2D eigenvalue weighted by atomic mass is 35.5. The van der Waals surface area contributed by atoms with E-state index in [2.05, 4.69) is 16.0 Å². The van der Waals surface area contributed by atoms with Crippen molar-refractivity contribution in [2.24, 2.45) is 0 Å². The van der Waals surface area contributed by atoms with Gasteiger partial charge in [0.15, 0.2) is 0 Å². The van der Waals surface area contributed by atoms with E-state index in [0.29, 0.717) is 34.1 Å². The Balaban J connectivity index is 1.32. The number of amides is 3. The minimum Gasteiger partial charge on any atom is -0.496 e. The fourth-order valence-corrected chi connectivity index (χ4v) is 6.73. The molecule has 2 aliphatic rings. The molecule has 4 aromatic carbocycles. The zero-order chi connectivity index (χ0) is 36.2. The predicted octanol–water partition coefficient (Wildman–Crippen LogP) is 6.71. The number of halogens is 1. The minimum absolute atomic E-state index is 0.184. The fraction of sp³-hybridized carbons (Fsp3) is 0.293. The van der Waals surface area contributed by atoms with Crippen LogP contribution in [0.15, 0.2) is 96.2 Å².